The van der Waals surface area contributed by atoms with Gasteiger partial charge in [0.1, 0.15) is 0 Å². The zero-order chi connectivity index (χ0) is 42.8. The van der Waals surface area contributed by atoms with Gasteiger partial charge in [0.2, 0.25) is 0 Å². The molecule has 2 unspecified atom stereocenters. The fourth-order valence-corrected chi connectivity index (χ4v) is 10.6. The second-order valence-corrected chi connectivity index (χ2v) is 17.7. The maximum Gasteiger partial charge on any atom is 0.0737 e. The van der Waals surface area contributed by atoms with E-state index in [2.05, 4.69) is 266 Å². The van der Waals surface area contributed by atoms with Crippen LogP contribution in [0, 0.1) is 0 Å². The van der Waals surface area contributed by atoms with E-state index in [4.69, 9.17) is 0 Å². The molecule has 0 radical (unpaired) electrons. The number of anilines is 2. The van der Waals surface area contributed by atoms with Gasteiger partial charge in [-0.1, -0.05) is 164 Å². The topological polar surface area (TPSA) is 8.17 Å². The number of hydrogen-bond donors (Lipinski definition) is 0. The average molecular weight is 819 g/mol. The summed E-state index contributed by atoms with van der Waals surface area (Å²) in [6.07, 6.45) is 9.14. The van der Waals surface area contributed by atoms with Crippen LogP contribution >= 0.6 is 0 Å². The number of benzene rings is 9. The van der Waals surface area contributed by atoms with Crippen LogP contribution in [-0.4, -0.2) is 10.1 Å². The van der Waals surface area contributed by atoms with Gasteiger partial charge in [0.25, 0.3) is 0 Å². The van der Waals surface area contributed by atoms with Crippen molar-refractivity contribution in [1.29, 1.82) is 0 Å². The van der Waals surface area contributed by atoms with Crippen LogP contribution in [0.15, 0.2) is 243 Å². The van der Waals surface area contributed by atoms with E-state index in [1.807, 2.05) is 0 Å². The summed E-state index contributed by atoms with van der Waals surface area (Å²) in [6.45, 7) is 4.74. The van der Waals surface area contributed by atoms with Crippen molar-refractivity contribution in [3.8, 4) is 61.3 Å². The predicted octanol–water partition coefficient (Wildman–Crippen LogP) is 16.4. The maximum absolute atomic E-state index is 2.53. The van der Waals surface area contributed by atoms with Crippen LogP contribution in [-0.2, 0) is 5.41 Å². The third kappa shape index (κ3) is 6.02. The molecule has 2 aliphatic rings. The molecule has 2 heteroatoms. The van der Waals surface area contributed by atoms with Crippen molar-refractivity contribution >= 4 is 33.2 Å². The Labute approximate surface area is 375 Å². The molecule has 0 bridgehead atoms. The highest BCUT2D eigenvalue weighted by atomic mass is 15.2. The molecule has 304 valence electrons. The molecular weight excluding hydrogens is 773 g/mol. The molecule has 10 aromatic rings. The first-order valence-electron chi connectivity index (χ1n) is 22.3. The molecule has 1 aromatic heterocycles. The highest BCUT2D eigenvalue weighted by Crippen LogP contribution is 2.57. The van der Waals surface area contributed by atoms with Gasteiger partial charge < -0.3 is 9.47 Å². The van der Waals surface area contributed by atoms with E-state index in [-0.39, 0.29) is 11.0 Å². The van der Waals surface area contributed by atoms with E-state index in [1.165, 1.54) is 94.4 Å². The Hall–Kier alpha value is -7.94. The third-order valence-corrected chi connectivity index (χ3v) is 14.1. The van der Waals surface area contributed by atoms with E-state index in [9.17, 15) is 0 Å². The molecule has 9 aromatic carbocycles. The quantitative estimate of drug-likeness (QED) is 0.156. The summed E-state index contributed by atoms with van der Waals surface area (Å²) >= 11 is 0. The van der Waals surface area contributed by atoms with Crippen molar-refractivity contribution in [3.05, 3.63) is 248 Å². The zero-order valence-corrected chi connectivity index (χ0v) is 36.0. The lowest BCUT2D eigenvalue weighted by Gasteiger charge is -2.45. The van der Waals surface area contributed by atoms with Crippen molar-refractivity contribution in [2.24, 2.45) is 0 Å². The van der Waals surface area contributed by atoms with E-state index >= 15 is 0 Å². The number of para-hydroxylation sites is 3. The molecule has 64 heavy (non-hydrogen) atoms. The summed E-state index contributed by atoms with van der Waals surface area (Å²) in [4.78, 5) is 2.53. The first-order valence-corrected chi connectivity index (χ1v) is 22.3. The molecule has 0 amide bonds. The Morgan fingerprint density at radius 2 is 0.719 bits per heavy atom. The van der Waals surface area contributed by atoms with Crippen molar-refractivity contribution in [1.82, 2.24) is 4.57 Å². The Morgan fingerprint density at radius 1 is 0.328 bits per heavy atom. The van der Waals surface area contributed by atoms with Crippen molar-refractivity contribution in [2.45, 2.75) is 24.8 Å². The van der Waals surface area contributed by atoms with Crippen molar-refractivity contribution in [2.75, 3.05) is 4.90 Å². The molecule has 2 atom stereocenters. The second-order valence-electron chi connectivity index (χ2n) is 17.7. The number of rotatable bonds is 7. The minimum Gasteiger partial charge on any atom is -0.331 e. The standard InChI is InChI=1S/C62H46N2/c1-61-35-15-16-36-62(61,2)64(60-26-14-11-23-57(60)61)54-33-29-46(30-34-54)50-38-48(44-19-7-4-8-20-44)40-52(42-50)51-39-47(43-17-5-3-6-18-43)37-49(41-51)45-27-31-53(32-28-45)63-58-24-12-9-21-55(58)56-22-10-13-25-59(56)63/h3-42H,1-2H3. The molecular formula is C62H46N2. The van der Waals surface area contributed by atoms with Crippen LogP contribution in [0.1, 0.15) is 19.4 Å². The zero-order valence-electron chi connectivity index (χ0n) is 36.0. The summed E-state index contributed by atoms with van der Waals surface area (Å²) < 4.78 is 2.38. The molecule has 0 spiro atoms. The third-order valence-electron chi connectivity index (χ3n) is 14.1. The number of aromatic nitrogens is 1. The van der Waals surface area contributed by atoms with Gasteiger partial charge in [-0.3, -0.25) is 0 Å². The normalized spacial score (nSPS) is 17.5. The largest absolute Gasteiger partial charge is 0.331 e. The minimum atomic E-state index is -0.236. The lowest BCUT2D eigenvalue weighted by atomic mass is 9.67. The molecule has 0 fully saturated rings. The van der Waals surface area contributed by atoms with Gasteiger partial charge in [-0.05, 0) is 154 Å². The highest BCUT2D eigenvalue weighted by Gasteiger charge is 2.54. The molecule has 0 N–H and O–H groups in total. The Bertz CT molecular complexity index is 3390. The summed E-state index contributed by atoms with van der Waals surface area (Å²) in [5.41, 5.74) is 18.9. The van der Waals surface area contributed by atoms with Crippen LogP contribution in [0.4, 0.5) is 11.4 Å². The van der Waals surface area contributed by atoms with E-state index in [1.54, 1.807) is 0 Å². The van der Waals surface area contributed by atoms with Crippen LogP contribution in [0.3, 0.4) is 0 Å². The van der Waals surface area contributed by atoms with E-state index in [0.29, 0.717) is 0 Å². The average Bonchev–Trinajstić information content (AvgIpc) is 3.80. The van der Waals surface area contributed by atoms with Gasteiger partial charge in [0.05, 0.1) is 16.6 Å². The highest BCUT2D eigenvalue weighted by molar-refractivity contribution is 6.09. The molecule has 0 saturated carbocycles. The van der Waals surface area contributed by atoms with Crippen molar-refractivity contribution < 1.29 is 0 Å². The van der Waals surface area contributed by atoms with Gasteiger partial charge in [0.15, 0.2) is 0 Å². The van der Waals surface area contributed by atoms with E-state index < -0.39 is 0 Å². The number of fused-ring (bicyclic) bond motifs is 6. The number of allylic oxidation sites excluding steroid dienone is 2. The molecule has 1 aliphatic carbocycles. The Morgan fingerprint density at radius 3 is 1.23 bits per heavy atom. The summed E-state index contributed by atoms with van der Waals surface area (Å²) in [5, 5.41) is 2.54. The Kier molecular flexibility index (Phi) is 8.77. The van der Waals surface area contributed by atoms with Crippen LogP contribution < -0.4 is 4.90 Å². The van der Waals surface area contributed by atoms with Gasteiger partial charge in [-0.15, -0.1) is 0 Å². The fourth-order valence-electron chi connectivity index (χ4n) is 10.6. The Balaban J connectivity index is 0.970. The molecule has 2 nitrogen and oxygen atoms in total. The second kappa shape index (κ2) is 14.9. The maximum atomic E-state index is 2.53. The monoisotopic (exact) mass is 818 g/mol. The van der Waals surface area contributed by atoms with Gasteiger partial charge >= 0.3 is 0 Å². The fraction of sp³-hybridized carbons (Fsp3) is 0.0645. The summed E-state index contributed by atoms with van der Waals surface area (Å²) in [6, 6.07) is 80.3. The molecule has 1 aliphatic heterocycles. The first-order chi connectivity index (χ1) is 31.4. The molecule has 0 saturated heterocycles. The predicted molar refractivity (Wildman–Crippen MR) is 271 cm³/mol. The van der Waals surface area contributed by atoms with E-state index in [0.717, 1.165) is 5.69 Å². The van der Waals surface area contributed by atoms with Crippen molar-refractivity contribution in [3.63, 3.8) is 0 Å². The lowest BCUT2D eigenvalue weighted by Crippen LogP contribution is -2.51. The number of hydrogen-bond acceptors (Lipinski definition) is 1. The summed E-state index contributed by atoms with van der Waals surface area (Å²) in [5.74, 6) is 0. The SMILES string of the molecule is CC12C=CC=CC1(C)N(c1ccc(-c3cc(-c4ccccc4)cc(-c4cc(-c5ccccc5)cc(-c5ccc(-n6c7ccccc7c7ccccc76)cc5)c4)c3)cc1)c1ccccc12. The summed E-state index contributed by atoms with van der Waals surface area (Å²) in [7, 11) is 0. The molecule has 12 rings (SSSR count). The van der Waals surface area contributed by atoms with Gasteiger partial charge in [-0.2, -0.15) is 0 Å². The van der Waals surface area contributed by atoms with Crippen LogP contribution in [0.2, 0.25) is 0 Å². The molecule has 2 heterocycles. The first kappa shape index (κ1) is 37.8. The number of nitrogens with zero attached hydrogens (tertiary/aromatic N) is 2. The van der Waals surface area contributed by atoms with Gasteiger partial charge in [-0.25, -0.2) is 0 Å². The minimum absolute atomic E-state index is 0.141. The lowest BCUT2D eigenvalue weighted by molar-refractivity contribution is 0.409. The van der Waals surface area contributed by atoms with Crippen LogP contribution in [0.25, 0.3) is 83.1 Å². The smallest absolute Gasteiger partial charge is 0.0737 e. The van der Waals surface area contributed by atoms with Crippen LogP contribution in [0.5, 0.6) is 0 Å². The van der Waals surface area contributed by atoms with Gasteiger partial charge in [0, 0.05) is 33.2 Å².